The molecule has 0 heteroatoms. The maximum absolute atomic E-state index is 2.44. The standard InChI is InChI=1S/C11H16/c1-2-10-8-9-4-3-5-11(10)7-6-9/h2,6-7,9,11H,3-5,8H2,1H3. The molecule has 0 saturated heterocycles. The van der Waals surface area contributed by atoms with Crippen molar-refractivity contribution in [2.75, 3.05) is 0 Å². The zero-order chi connectivity index (χ0) is 7.68. The monoisotopic (exact) mass is 148 g/mol. The van der Waals surface area contributed by atoms with Gasteiger partial charge in [-0.15, -0.1) is 0 Å². The van der Waals surface area contributed by atoms with E-state index in [9.17, 15) is 0 Å². The lowest BCUT2D eigenvalue weighted by atomic mass is 9.86. The zero-order valence-electron chi connectivity index (χ0n) is 7.22. The van der Waals surface area contributed by atoms with Crippen LogP contribution in [0, 0.1) is 11.8 Å². The summed E-state index contributed by atoms with van der Waals surface area (Å²) in [4.78, 5) is 0. The Hall–Kier alpha value is -0.520. The van der Waals surface area contributed by atoms with Gasteiger partial charge in [-0.3, -0.25) is 0 Å². The van der Waals surface area contributed by atoms with E-state index in [4.69, 9.17) is 0 Å². The molecule has 0 spiro atoms. The highest BCUT2D eigenvalue weighted by Crippen LogP contribution is 2.37. The summed E-state index contributed by atoms with van der Waals surface area (Å²) in [6.07, 6.45) is 12.8. The van der Waals surface area contributed by atoms with E-state index >= 15 is 0 Å². The van der Waals surface area contributed by atoms with Crippen molar-refractivity contribution in [3.05, 3.63) is 23.8 Å². The molecule has 3 rings (SSSR count). The number of allylic oxidation sites excluding steroid dienone is 4. The Morgan fingerprint density at radius 1 is 1.36 bits per heavy atom. The van der Waals surface area contributed by atoms with Crippen LogP contribution in [0.15, 0.2) is 23.8 Å². The third-order valence-corrected chi connectivity index (χ3v) is 3.05. The Morgan fingerprint density at radius 3 is 3.09 bits per heavy atom. The van der Waals surface area contributed by atoms with Crippen molar-refractivity contribution in [2.45, 2.75) is 32.6 Å². The van der Waals surface area contributed by atoms with E-state index in [1.165, 1.54) is 25.7 Å². The van der Waals surface area contributed by atoms with E-state index < -0.39 is 0 Å². The predicted octanol–water partition coefficient (Wildman–Crippen LogP) is 3.31. The van der Waals surface area contributed by atoms with Crippen LogP contribution in [0.25, 0.3) is 0 Å². The Balaban J connectivity index is 2.26. The first-order valence-electron chi connectivity index (χ1n) is 4.73. The Kier molecular flexibility index (Phi) is 1.85. The van der Waals surface area contributed by atoms with Gasteiger partial charge in [-0.2, -0.15) is 0 Å². The van der Waals surface area contributed by atoms with E-state index in [1.54, 1.807) is 5.57 Å². The fourth-order valence-electron chi connectivity index (χ4n) is 2.35. The van der Waals surface area contributed by atoms with Crippen molar-refractivity contribution < 1.29 is 0 Å². The highest BCUT2D eigenvalue weighted by molar-refractivity contribution is 5.21. The average Bonchev–Trinajstić information content (AvgIpc) is 2.37. The van der Waals surface area contributed by atoms with Crippen LogP contribution in [-0.2, 0) is 0 Å². The number of rotatable bonds is 0. The summed E-state index contributed by atoms with van der Waals surface area (Å²) in [5, 5.41) is 0. The van der Waals surface area contributed by atoms with Crippen LogP contribution >= 0.6 is 0 Å². The van der Waals surface area contributed by atoms with E-state index in [0.717, 1.165) is 11.8 Å². The molecule has 2 bridgehead atoms. The van der Waals surface area contributed by atoms with E-state index in [2.05, 4.69) is 25.2 Å². The van der Waals surface area contributed by atoms with Crippen LogP contribution in [0.4, 0.5) is 0 Å². The van der Waals surface area contributed by atoms with Crippen molar-refractivity contribution in [2.24, 2.45) is 11.8 Å². The maximum Gasteiger partial charge on any atom is -0.00231 e. The van der Waals surface area contributed by atoms with Crippen molar-refractivity contribution in [3.8, 4) is 0 Å². The first-order valence-corrected chi connectivity index (χ1v) is 4.73. The van der Waals surface area contributed by atoms with Crippen LogP contribution in [0.3, 0.4) is 0 Å². The lowest BCUT2D eigenvalue weighted by molar-refractivity contribution is 0.589. The summed E-state index contributed by atoms with van der Waals surface area (Å²) < 4.78 is 0. The number of fused-ring (bicyclic) bond motifs is 3. The van der Waals surface area contributed by atoms with Crippen LogP contribution in [-0.4, -0.2) is 0 Å². The number of hydrogen-bond donors (Lipinski definition) is 0. The van der Waals surface area contributed by atoms with Gasteiger partial charge in [0.1, 0.15) is 0 Å². The molecule has 0 aromatic heterocycles. The van der Waals surface area contributed by atoms with Gasteiger partial charge in [-0.1, -0.05) is 30.2 Å². The minimum atomic E-state index is 0.804. The second-order valence-electron chi connectivity index (χ2n) is 3.75. The van der Waals surface area contributed by atoms with Crippen molar-refractivity contribution in [1.29, 1.82) is 0 Å². The summed E-state index contributed by atoms with van der Waals surface area (Å²) in [5.41, 5.74) is 1.69. The van der Waals surface area contributed by atoms with Gasteiger partial charge in [0.05, 0.1) is 0 Å². The lowest BCUT2D eigenvalue weighted by Crippen LogP contribution is -2.06. The van der Waals surface area contributed by atoms with Gasteiger partial charge in [0, 0.05) is 0 Å². The van der Waals surface area contributed by atoms with Gasteiger partial charge in [0.2, 0.25) is 0 Å². The van der Waals surface area contributed by atoms with Gasteiger partial charge < -0.3 is 0 Å². The summed E-state index contributed by atoms with van der Waals surface area (Å²) in [7, 11) is 0. The molecule has 2 atom stereocenters. The highest BCUT2D eigenvalue weighted by atomic mass is 14.3. The largest absolute Gasteiger partial charge is 0.0878 e. The van der Waals surface area contributed by atoms with Gasteiger partial charge in [0.15, 0.2) is 0 Å². The van der Waals surface area contributed by atoms with Gasteiger partial charge in [0.25, 0.3) is 0 Å². The Bertz CT molecular complexity index is 198. The third-order valence-electron chi connectivity index (χ3n) is 3.05. The molecule has 0 radical (unpaired) electrons. The minimum Gasteiger partial charge on any atom is -0.0878 e. The zero-order valence-corrected chi connectivity index (χ0v) is 7.22. The first kappa shape index (κ1) is 7.15. The van der Waals surface area contributed by atoms with Gasteiger partial charge in [-0.25, -0.2) is 0 Å². The molecule has 0 aromatic rings. The summed E-state index contributed by atoms with van der Waals surface area (Å²) >= 11 is 0. The SMILES string of the molecule is CC=C1CC2C=CC1CCC2. The lowest BCUT2D eigenvalue weighted by Gasteiger charge is -2.20. The molecule has 60 valence electrons. The molecule has 0 N–H and O–H groups in total. The minimum absolute atomic E-state index is 0.804. The van der Waals surface area contributed by atoms with Crippen molar-refractivity contribution >= 4 is 0 Å². The molecule has 0 heterocycles. The predicted molar refractivity (Wildman–Crippen MR) is 48.3 cm³/mol. The molecule has 3 aliphatic carbocycles. The molecule has 1 saturated carbocycles. The topological polar surface area (TPSA) is 0 Å². The van der Waals surface area contributed by atoms with Crippen LogP contribution in [0.1, 0.15) is 32.6 Å². The molecule has 2 unspecified atom stereocenters. The quantitative estimate of drug-likeness (QED) is 0.462. The summed E-state index contributed by atoms with van der Waals surface area (Å²) in [5.74, 6) is 1.68. The fraction of sp³-hybridized carbons (Fsp3) is 0.636. The molecule has 0 aromatic carbocycles. The Morgan fingerprint density at radius 2 is 2.27 bits per heavy atom. The third kappa shape index (κ3) is 1.26. The Labute approximate surface area is 69.0 Å². The molecular formula is C11H16. The molecule has 0 amide bonds. The molecular weight excluding hydrogens is 132 g/mol. The second kappa shape index (κ2) is 2.84. The molecule has 3 aliphatic rings. The van der Waals surface area contributed by atoms with E-state index in [1.807, 2.05) is 0 Å². The maximum atomic E-state index is 2.44. The van der Waals surface area contributed by atoms with Crippen LogP contribution in [0.2, 0.25) is 0 Å². The van der Waals surface area contributed by atoms with E-state index in [-0.39, 0.29) is 0 Å². The summed E-state index contributed by atoms with van der Waals surface area (Å²) in [6, 6.07) is 0. The van der Waals surface area contributed by atoms with Crippen molar-refractivity contribution in [3.63, 3.8) is 0 Å². The van der Waals surface area contributed by atoms with Gasteiger partial charge in [-0.05, 0) is 38.0 Å². The van der Waals surface area contributed by atoms with Gasteiger partial charge >= 0.3 is 0 Å². The highest BCUT2D eigenvalue weighted by Gasteiger charge is 2.23. The molecule has 0 nitrogen and oxygen atoms in total. The first-order chi connectivity index (χ1) is 5.40. The molecule has 11 heavy (non-hydrogen) atoms. The second-order valence-corrected chi connectivity index (χ2v) is 3.75. The molecule has 0 aliphatic heterocycles. The smallest absolute Gasteiger partial charge is 0.00231 e. The average molecular weight is 148 g/mol. The van der Waals surface area contributed by atoms with Crippen molar-refractivity contribution in [1.82, 2.24) is 0 Å². The number of hydrogen-bond acceptors (Lipinski definition) is 0. The summed E-state index contributed by atoms with van der Waals surface area (Å²) in [6.45, 7) is 2.18. The molecule has 1 fully saturated rings. The van der Waals surface area contributed by atoms with Crippen LogP contribution < -0.4 is 0 Å². The van der Waals surface area contributed by atoms with E-state index in [0.29, 0.717) is 0 Å². The fourth-order valence-corrected chi connectivity index (χ4v) is 2.35. The van der Waals surface area contributed by atoms with Crippen LogP contribution in [0.5, 0.6) is 0 Å². The normalized spacial score (nSPS) is 39.5.